The maximum Gasteiger partial charge on any atom is -0.00183 e. The maximum absolute atomic E-state index is 2.57. The van der Waals surface area contributed by atoms with Crippen LogP contribution in [0.1, 0.15) is 91.9 Å². The van der Waals surface area contributed by atoms with Crippen molar-refractivity contribution in [1.82, 2.24) is 9.80 Å². The lowest BCUT2D eigenvalue weighted by Gasteiger charge is -2.12. The summed E-state index contributed by atoms with van der Waals surface area (Å²) in [4.78, 5) is 5.15. The van der Waals surface area contributed by atoms with Gasteiger partial charge >= 0.3 is 0 Å². The van der Waals surface area contributed by atoms with Crippen LogP contribution >= 0.6 is 0 Å². The van der Waals surface area contributed by atoms with Crippen molar-refractivity contribution in [2.24, 2.45) is 0 Å². The Kier molecular flexibility index (Phi) is 17.2. The van der Waals surface area contributed by atoms with Crippen molar-refractivity contribution in [3.8, 4) is 0 Å². The smallest absolute Gasteiger partial charge is 0.00183 e. The molecular formula is C20H44N2. The van der Waals surface area contributed by atoms with Gasteiger partial charge < -0.3 is 9.80 Å². The number of nitrogens with zero attached hydrogens (tertiary/aromatic N) is 2. The number of hydrogen-bond donors (Lipinski definition) is 0. The number of unbranched alkanes of at least 4 members (excludes halogenated alkanes) is 3. The Hall–Kier alpha value is -0.0800. The van der Waals surface area contributed by atoms with Crippen LogP contribution in [-0.2, 0) is 0 Å². The van der Waals surface area contributed by atoms with Crippen molar-refractivity contribution in [3.05, 3.63) is 0 Å². The third kappa shape index (κ3) is 13.6. The Balaban J connectivity index is 0.000000326. The fourth-order valence-electron chi connectivity index (χ4n) is 2.78. The van der Waals surface area contributed by atoms with E-state index in [2.05, 4.69) is 37.5 Å². The van der Waals surface area contributed by atoms with Gasteiger partial charge in [-0.15, -0.1) is 0 Å². The van der Waals surface area contributed by atoms with Crippen LogP contribution in [0, 0.1) is 0 Å². The van der Waals surface area contributed by atoms with Crippen LogP contribution in [0.2, 0.25) is 0 Å². The average molecular weight is 313 g/mol. The molecule has 0 aliphatic carbocycles. The van der Waals surface area contributed by atoms with E-state index in [9.17, 15) is 0 Å². The first kappa shape index (κ1) is 21.9. The molecular weight excluding hydrogens is 268 g/mol. The molecule has 0 amide bonds. The van der Waals surface area contributed by atoms with E-state index in [0.717, 1.165) is 0 Å². The molecule has 22 heavy (non-hydrogen) atoms. The Morgan fingerprint density at radius 2 is 0.818 bits per heavy atom. The standard InChI is InChI=1S/2C8H17N.C4H10/c2*1-2-3-6-9-7-4-5-8-9;1-3-4-2/h2*2-8H2,1H3;3-4H2,1-2H3. The second-order valence-electron chi connectivity index (χ2n) is 6.80. The molecule has 2 saturated heterocycles. The molecule has 2 aliphatic rings. The number of hydrogen-bond acceptors (Lipinski definition) is 2. The fraction of sp³-hybridized carbons (Fsp3) is 1.00. The Morgan fingerprint density at radius 1 is 0.500 bits per heavy atom. The molecule has 0 atom stereocenters. The fourth-order valence-corrected chi connectivity index (χ4v) is 2.78. The summed E-state index contributed by atoms with van der Waals surface area (Å²) in [6, 6.07) is 0. The van der Waals surface area contributed by atoms with Gasteiger partial charge in [0.1, 0.15) is 0 Å². The van der Waals surface area contributed by atoms with Crippen LogP contribution in [0.15, 0.2) is 0 Å². The predicted octanol–water partition coefficient (Wildman–Crippen LogP) is 5.57. The van der Waals surface area contributed by atoms with E-state index in [-0.39, 0.29) is 0 Å². The minimum atomic E-state index is 1.32. The third-order valence-electron chi connectivity index (χ3n) is 4.55. The molecule has 0 unspecified atom stereocenters. The minimum Gasteiger partial charge on any atom is -0.303 e. The molecule has 2 fully saturated rings. The summed E-state index contributed by atoms with van der Waals surface area (Å²) in [5.41, 5.74) is 0. The van der Waals surface area contributed by atoms with Crippen LogP contribution in [-0.4, -0.2) is 49.1 Å². The molecule has 2 aliphatic heterocycles. The zero-order valence-electron chi connectivity index (χ0n) is 16.2. The van der Waals surface area contributed by atoms with Crippen molar-refractivity contribution in [3.63, 3.8) is 0 Å². The zero-order valence-corrected chi connectivity index (χ0v) is 16.2. The minimum absolute atomic E-state index is 1.32. The lowest BCUT2D eigenvalue weighted by Crippen LogP contribution is -2.19. The number of rotatable bonds is 7. The maximum atomic E-state index is 2.57. The monoisotopic (exact) mass is 312 g/mol. The Bertz CT molecular complexity index is 172. The van der Waals surface area contributed by atoms with Crippen LogP contribution in [0.4, 0.5) is 0 Å². The molecule has 0 aromatic rings. The van der Waals surface area contributed by atoms with Crippen LogP contribution < -0.4 is 0 Å². The van der Waals surface area contributed by atoms with E-state index in [4.69, 9.17) is 0 Å². The average Bonchev–Trinajstić information content (AvgIpc) is 3.25. The highest BCUT2D eigenvalue weighted by Gasteiger charge is 2.09. The lowest BCUT2D eigenvalue weighted by molar-refractivity contribution is 0.332. The van der Waals surface area contributed by atoms with Gasteiger partial charge in [0.05, 0.1) is 0 Å². The van der Waals surface area contributed by atoms with Crippen molar-refractivity contribution < 1.29 is 0 Å². The summed E-state index contributed by atoms with van der Waals surface area (Å²) in [7, 11) is 0. The quantitative estimate of drug-likeness (QED) is 0.606. The van der Waals surface area contributed by atoms with Crippen molar-refractivity contribution in [2.45, 2.75) is 91.9 Å². The Morgan fingerprint density at radius 3 is 1.05 bits per heavy atom. The van der Waals surface area contributed by atoms with Gasteiger partial charge in [-0.25, -0.2) is 0 Å². The summed E-state index contributed by atoms with van der Waals surface area (Å²) in [6.07, 6.45) is 13.8. The van der Waals surface area contributed by atoms with E-state index in [1.807, 2.05) is 0 Å². The van der Waals surface area contributed by atoms with Crippen LogP contribution in [0.3, 0.4) is 0 Å². The van der Waals surface area contributed by atoms with Gasteiger partial charge in [-0.2, -0.15) is 0 Å². The van der Waals surface area contributed by atoms with Gasteiger partial charge in [-0.3, -0.25) is 0 Å². The topological polar surface area (TPSA) is 6.48 Å². The second kappa shape index (κ2) is 17.3. The van der Waals surface area contributed by atoms with Gasteiger partial charge in [0.15, 0.2) is 0 Å². The first-order chi connectivity index (χ1) is 10.8. The zero-order chi connectivity index (χ0) is 16.5. The van der Waals surface area contributed by atoms with Gasteiger partial charge in [-0.05, 0) is 77.8 Å². The lowest BCUT2D eigenvalue weighted by atomic mass is 10.3. The number of likely N-dealkylation sites (tertiary alicyclic amines) is 2. The summed E-state index contributed by atoms with van der Waals surface area (Å²) >= 11 is 0. The molecule has 0 bridgehead atoms. The molecule has 2 heterocycles. The van der Waals surface area contributed by atoms with E-state index >= 15 is 0 Å². The molecule has 2 heteroatoms. The first-order valence-corrected chi connectivity index (χ1v) is 10.2. The summed E-state index contributed by atoms with van der Waals surface area (Å²) in [5, 5.41) is 0. The second-order valence-corrected chi connectivity index (χ2v) is 6.80. The highest BCUT2D eigenvalue weighted by molar-refractivity contribution is 4.65. The summed E-state index contributed by atoms with van der Waals surface area (Å²) in [6.45, 7) is 17.0. The van der Waals surface area contributed by atoms with Crippen molar-refractivity contribution >= 4 is 0 Å². The highest BCUT2D eigenvalue weighted by Crippen LogP contribution is 2.08. The van der Waals surface area contributed by atoms with Gasteiger partial charge in [0, 0.05) is 0 Å². The van der Waals surface area contributed by atoms with Crippen molar-refractivity contribution in [1.29, 1.82) is 0 Å². The van der Waals surface area contributed by atoms with E-state index < -0.39 is 0 Å². The first-order valence-electron chi connectivity index (χ1n) is 10.2. The molecule has 2 nitrogen and oxygen atoms in total. The molecule has 2 rings (SSSR count). The largest absolute Gasteiger partial charge is 0.303 e. The SMILES string of the molecule is CCCC.CCCCN1CCCC1.CCCCN1CCCC1. The molecule has 0 saturated carbocycles. The third-order valence-corrected chi connectivity index (χ3v) is 4.55. The van der Waals surface area contributed by atoms with Gasteiger partial charge in [0.25, 0.3) is 0 Å². The molecule has 0 N–H and O–H groups in total. The van der Waals surface area contributed by atoms with Gasteiger partial charge in [-0.1, -0.05) is 53.4 Å². The van der Waals surface area contributed by atoms with E-state index in [1.165, 1.54) is 103 Å². The normalized spacial score (nSPS) is 18.5. The summed E-state index contributed by atoms with van der Waals surface area (Å²) in [5.74, 6) is 0. The summed E-state index contributed by atoms with van der Waals surface area (Å²) < 4.78 is 0. The van der Waals surface area contributed by atoms with Crippen LogP contribution in [0.5, 0.6) is 0 Å². The molecule has 134 valence electrons. The predicted molar refractivity (Wildman–Crippen MR) is 102 cm³/mol. The highest BCUT2D eigenvalue weighted by atomic mass is 15.1. The molecule has 0 aromatic heterocycles. The Labute approximate surface area is 141 Å². The van der Waals surface area contributed by atoms with E-state index in [0.29, 0.717) is 0 Å². The molecule has 0 spiro atoms. The van der Waals surface area contributed by atoms with Crippen LogP contribution in [0.25, 0.3) is 0 Å². The molecule has 0 radical (unpaired) electrons. The van der Waals surface area contributed by atoms with E-state index in [1.54, 1.807) is 0 Å². The molecule has 0 aromatic carbocycles. The van der Waals surface area contributed by atoms with Gasteiger partial charge in [0.2, 0.25) is 0 Å². The van der Waals surface area contributed by atoms with Crippen molar-refractivity contribution in [2.75, 3.05) is 39.3 Å².